The Labute approximate surface area is 81.9 Å². The summed E-state index contributed by atoms with van der Waals surface area (Å²) in [7, 11) is 0. The van der Waals surface area contributed by atoms with E-state index in [2.05, 4.69) is 5.32 Å². The molecule has 0 spiro atoms. The van der Waals surface area contributed by atoms with E-state index in [1.54, 1.807) is 13.0 Å². The summed E-state index contributed by atoms with van der Waals surface area (Å²) in [6, 6.07) is 3.12. The molecule has 4 heteroatoms. The lowest BCUT2D eigenvalue weighted by atomic mass is 10.3. The number of hydrogen-bond donors (Lipinski definition) is 1. The first-order valence-corrected chi connectivity index (χ1v) is 4.73. The van der Waals surface area contributed by atoms with Gasteiger partial charge in [0.15, 0.2) is 0 Å². The van der Waals surface area contributed by atoms with E-state index in [9.17, 15) is 4.79 Å². The molecule has 0 saturated carbocycles. The van der Waals surface area contributed by atoms with Crippen molar-refractivity contribution in [1.29, 1.82) is 0 Å². The van der Waals surface area contributed by atoms with E-state index < -0.39 is 0 Å². The fourth-order valence-electron chi connectivity index (χ4n) is 1.56. The molecule has 1 fully saturated rings. The van der Waals surface area contributed by atoms with Gasteiger partial charge in [0.25, 0.3) is 0 Å². The highest BCUT2D eigenvalue weighted by Crippen LogP contribution is 2.14. The quantitative estimate of drug-likeness (QED) is 0.754. The molecule has 4 nitrogen and oxygen atoms in total. The Morgan fingerprint density at radius 3 is 3.07 bits per heavy atom. The Balaban J connectivity index is 2.11. The van der Waals surface area contributed by atoms with Gasteiger partial charge in [-0.2, -0.15) is 0 Å². The molecule has 0 aliphatic carbocycles. The normalized spacial score (nSPS) is 21.1. The molecule has 76 valence electrons. The number of aryl methyl sites for hydroxylation is 1. The molecule has 2 rings (SSSR count). The van der Waals surface area contributed by atoms with Gasteiger partial charge < -0.3 is 14.5 Å². The van der Waals surface area contributed by atoms with E-state index in [0.717, 1.165) is 19.5 Å². The van der Waals surface area contributed by atoms with Gasteiger partial charge in [0.05, 0.1) is 6.07 Å². The molecule has 1 saturated heterocycles. The van der Waals surface area contributed by atoms with Gasteiger partial charge in [-0.05, 0) is 19.9 Å². The minimum absolute atomic E-state index is 0.177. The first-order valence-electron chi connectivity index (χ1n) is 4.73. The van der Waals surface area contributed by atoms with Crippen LogP contribution in [0.15, 0.2) is 21.3 Å². The molecule has 1 aliphatic heterocycles. The van der Waals surface area contributed by atoms with Crippen molar-refractivity contribution in [1.82, 2.24) is 5.32 Å². The number of hydrogen-bond acceptors (Lipinski definition) is 4. The molecule has 1 N–H and O–H groups in total. The highest BCUT2D eigenvalue weighted by molar-refractivity contribution is 5.20. The molecule has 2 heterocycles. The molecule has 0 bridgehead atoms. The zero-order valence-corrected chi connectivity index (χ0v) is 8.08. The number of rotatable bonds is 2. The first-order chi connectivity index (χ1) is 6.74. The van der Waals surface area contributed by atoms with Crippen molar-refractivity contribution in [2.24, 2.45) is 0 Å². The topological polar surface area (TPSA) is 51.5 Å². The zero-order chi connectivity index (χ0) is 9.97. The molecule has 1 aromatic rings. The maximum atomic E-state index is 11.0. The van der Waals surface area contributed by atoms with Crippen molar-refractivity contribution in [2.75, 3.05) is 13.1 Å². The minimum atomic E-state index is -0.356. The number of nitrogens with one attached hydrogen (secondary N) is 1. The lowest BCUT2D eigenvalue weighted by molar-refractivity contribution is 0.220. The van der Waals surface area contributed by atoms with Gasteiger partial charge >= 0.3 is 5.63 Å². The van der Waals surface area contributed by atoms with Crippen LogP contribution >= 0.6 is 0 Å². The van der Waals surface area contributed by atoms with Crippen LogP contribution in [-0.4, -0.2) is 19.2 Å². The predicted molar refractivity (Wildman–Crippen MR) is 51.6 cm³/mol. The third kappa shape index (κ3) is 2.14. The molecule has 0 aromatic carbocycles. The van der Waals surface area contributed by atoms with Crippen molar-refractivity contribution < 1.29 is 9.15 Å². The molecule has 14 heavy (non-hydrogen) atoms. The Morgan fingerprint density at radius 1 is 1.57 bits per heavy atom. The van der Waals surface area contributed by atoms with Crippen molar-refractivity contribution in [3.05, 3.63) is 28.3 Å². The van der Waals surface area contributed by atoms with E-state index >= 15 is 0 Å². The Hall–Kier alpha value is -1.29. The molecule has 1 aliphatic rings. The van der Waals surface area contributed by atoms with Crippen LogP contribution in [0.5, 0.6) is 5.75 Å². The van der Waals surface area contributed by atoms with Crippen molar-refractivity contribution in [3.8, 4) is 5.75 Å². The third-order valence-electron chi connectivity index (χ3n) is 2.19. The van der Waals surface area contributed by atoms with E-state index in [4.69, 9.17) is 9.15 Å². The van der Waals surface area contributed by atoms with Crippen LogP contribution in [-0.2, 0) is 0 Å². The summed E-state index contributed by atoms with van der Waals surface area (Å²) in [5.74, 6) is 1.19. The maximum Gasteiger partial charge on any atom is 0.339 e. The van der Waals surface area contributed by atoms with Crippen LogP contribution < -0.4 is 15.7 Å². The lowest BCUT2D eigenvalue weighted by Crippen LogP contribution is -2.20. The monoisotopic (exact) mass is 195 g/mol. The van der Waals surface area contributed by atoms with E-state index in [-0.39, 0.29) is 11.7 Å². The Kier molecular flexibility index (Phi) is 2.54. The van der Waals surface area contributed by atoms with Gasteiger partial charge in [-0.15, -0.1) is 0 Å². The fourth-order valence-corrected chi connectivity index (χ4v) is 1.56. The summed E-state index contributed by atoms with van der Waals surface area (Å²) in [5, 5.41) is 3.20. The second-order valence-corrected chi connectivity index (χ2v) is 3.46. The van der Waals surface area contributed by atoms with Gasteiger partial charge in [0.1, 0.15) is 17.6 Å². The number of ether oxygens (including phenoxy) is 1. The standard InChI is InChI=1S/C10H13NO3/c1-7-4-9(5-10(12)13-7)14-8-2-3-11-6-8/h4-5,8,11H,2-3,6H2,1H3/t8-/m0/s1. The van der Waals surface area contributed by atoms with Crippen molar-refractivity contribution >= 4 is 0 Å². The average molecular weight is 195 g/mol. The fraction of sp³-hybridized carbons (Fsp3) is 0.500. The largest absolute Gasteiger partial charge is 0.489 e. The van der Waals surface area contributed by atoms with Crippen LogP contribution in [0.4, 0.5) is 0 Å². The predicted octanol–water partition coefficient (Wildman–Crippen LogP) is 0.689. The van der Waals surface area contributed by atoms with Gasteiger partial charge in [0, 0.05) is 12.6 Å². The molecule has 1 aromatic heterocycles. The highest BCUT2D eigenvalue weighted by Gasteiger charge is 2.16. The summed E-state index contributed by atoms with van der Waals surface area (Å²) in [6.07, 6.45) is 1.16. The highest BCUT2D eigenvalue weighted by atomic mass is 16.5. The second-order valence-electron chi connectivity index (χ2n) is 3.46. The molecule has 1 atom stereocenters. The Bertz CT molecular complexity index is 366. The Morgan fingerprint density at radius 2 is 2.43 bits per heavy atom. The van der Waals surface area contributed by atoms with E-state index in [1.165, 1.54) is 6.07 Å². The molecule has 0 unspecified atom stereocenters. The van der Waals surface area contributed by atoms with Crippen molar-refractivity contribution in [2.45, 2.75) is 19.4 Å². The van der Waals surface area contributed by atoms with Crippen LogP contribution in [0.25, 0.3) is 0 Å². The van der Waals surface area contributed by atoms with Gasteiger partial charge in [0.2, 0.25) is 0 Å². The van der Waals surface area contributed by atoms with Crippen LogP contribution in [0.2, 0.25) is 0 Å². The summed E-state index contributed by atoms with van der Waals surface area (Å²) in [4.78, 5) is 11.0. The second kappa shape index (κ2) is 3.84. The SMILES string of the molecule is Cc1cc(O[C@H]2CCNC2)cc(=O)o1. The van der Waals surface area contributed by atoms with E-state index in [1.807, 2.05) is 0 Å². The molecular formula is C10H13NO3. The lowest BCUT2D eigenvalue weighted by Gasteiger charge is -2.11. The van der Waals surface area contributed by atoms with Gasteiger partial charge in [-0.1, -0.05) is 0 Å². The van der Waals surface area contributed by atoms with Crippen molar-refractivity contribution in [3.63, 3.8) is 0 Å². The average Bonchev–Trinajstić information content (AvgIpc) is 2.54. The van der Waals surface area contributed by atoms with E-state index in [0.29, 0.717) is 11.5 Å². The summed E-state index contributed by atoms with van der Waals surface area (Å²) in [5.41, 5.74) is -0.356. The molecule has 0 radical (unpaired) electrons. The van der Waals surface area contributed by atoms with Gasteiger partial charge in [-0.3, -0.25) is 0 Å². The van der Waals surface area contributed by atoms with Gasteiger partial charge in [-0.25, -0.2) is 4.79 Å². The van der Waals surface area contributed by atoms with Crippen LogP contribution in [0.3, 0.4) is 0 Å². The summed E-state index contributed by atoms with van der Waals surface area (Å²) >= 11 is 0. The summed E-state index contributed by atoms with van der Waals surface area (Å²) in [6.45, 7) is 3.56. The third-order valence-corrected chi connectivity index (χ3v) is 2.19. The molecule has 0 amide bonds. The minimum Gasteiger partial charge on any atom is -0.489 e. The summed E-state index contributed by atoms with van der Waals surface area (Å²) < 4.78 is 10.4. The molecular weight excluding hydrogens is 182 g/mol. The zero-order valence-electron chi connectivity index (χ0n) is 8.08. The first kappa shape index (κ1) is 9.27. The maximum absolute atomic E-state index is 11.0. The van der Waals surface area contributed by atoms with Crippen LogP contribution in [0, 0.1) is 6.92 Å². The smallest absolute Gasteiger partial charge is 0.339 e. The van der Waals surface area contributed by atoms with Crippen LogP contribution in [0.1, 0.15) is 12.2 Å².